The van der Waals surface area contributed by atoms with Crippen LogP contribution in [0.15, 0.2) is 48.5 Å². The van der Waals surface area contributed by atoms with E-state index < -0.39 is 0 Å². The second-order valence-corrected chi connectivity index (χ2v) is 6.07. The molecule has 25 heavy (non-hydrogen) atoms. The molecule has 5 heteroatoms. The Labute approximate surface area is 147 Å². The zero-order chi connectivity index (χ0) is 17.5. The van der Waals surface area contributed by atoms with E-state index in [9.17, 15) is 4.79 Å². The van der Waals surface area contributed by atoms with Crippen LogP contribution in [0.1, 0.15) is 18.4 Å². The fraction of sp³-hybridized carbons (Fsp3) is 0.350. The first-order valence-electron chi connectivity index (χ1n) is 8.55. The summed E-state index contributed by atoms with van der Waals surface area (Å²) in [5, 5.41) is 2.89. The maximum Gasteiger partial charge on any atom is 0.220 e. The minimum Gasteiger partial charge on any atom is -0.494 e. The van der Waals surface area contributed by atoms with Gasteiger partial charge in [0.15, 0.2) is 11.5 Å². The number of hydrogen-bond acceptors (Lipinski definition) is 4. The van der Waals surface area contributed by atoms with E-state index in [1.165, 1.54) is 5.56 Å². The molecule has 0 saturated heterocycles. The number of carbonyl (C=O) groups excluding carboxylic acids is 1. The number of aryl methyl sites for hydroxylation is 1. The Hall–Kier alpha value is -2.69. The molecule has 0 saturated carbocycles. The zero-order valence-electron chi connectivity index (χ0n) is 14.4. The Morgan fingerprint density at radius 3 is 2.72 bits per heavy atom. The fourth-order valence-corrected chi connectivity index (χ4v) is 2.54. The van der Waals surface area contributed by atoms with Crippen molar-refractivity contribution >= 4 is 5.91 Å². The lowest BCUT2D eigenvalue weighted by molar-refractivity contribution is -0.121. The summed E-state index contributed by atoms with van der Waals surface area (Å²) in [5.74, 6) is 2.30. The van der Waals surface area contributed by atoms with E-state index in [1.807, 2.05) is 55.5 Å². The summed E-state index contributed by atoms with van der Waals surface area (Å²) in [6.07, 6.45) is 0.934. The lowest BCUT2D eigenvalue weighted by atomic mass is 10.2. The molecule has 132 valence electrons. The molecule has 0 aromatic heterocycles. The third kappa shape index (κ3) is 5.14. The normalized spacial score (nSPS) is 15.5. The largest absolute Gasteiger partial charge is 0.494 e. The lowest BCUT2D eigenvalue weighted by Crippen LogP contribution is -2.40. The average molecular weight is 341 g/mol. The van der Waals surface area contributed by atoms with Crippen LogP contribution in [0.3, 0.4) is 0 Å². The molecule has 1 aliphatic heterocycles. The highest BCUT2D eigenvalue weighted by Gasteiger charge is 2.20. The number of ether oxygens (including phenoxy) is 3. The van der Waals surface area contributed by atoms with Gasteiger partial charge in [0.25, 0.3) is 0 Å². The second kappa shape index (κ2) is 8.42. The molecular formula is C20H23NO4. The van der Waals surface area contributed by atoms with Gasteiger partial charge in [0, 0.05) is 6.42 Å². The predicted molar refractivity (Wildman–Crippen MR) is 95.3 cm³/mol. The van der Waals surface area contributed by atoms with Crippen molar-refractivity contribution in [3.05, 3.63) is 54.1 Å². The minimum atomic E-state index is -0.164. The number of fused-ring (bicyclic) bond motifs is 1. The van der Waals surface area contributed by atoms with Gasteiger partial charge in [0.1, 0.15) is 18.5 Å². The van der Waals surface area contributed by atoms with Crippen LogP contribution in [0.25, 0.3) is 0 Å². The highest BCUT2D eigenvalue weighted by molar-refractivity contribution is 5.75. The van der Waals surface area contributed by atoms with E-state index in [4.69, 9.17) is 14.2 Å². The molecule has 1 N–H and O–H groups in total. The van der Waals surface area contributed by atoms with Crippen molar-refractivity contribution in [3.8, 4) is 17.2 Å². The Morgan fingerprint density at radius 1 is 1.16 bits per heavy atom. The first kappa shape index (κ1) is 17.1. The fourth-order valence-electron chi connectivity index (χ4n) is 2.54. The quantitative estimate of drug-likeness (QED) is 0.786. The number of benzene rings is 2. The third-order valence-corrected chi connectivity index (χ3v) is 3.93. The molecule has 0 bridgehead atoms. The standard InChI is InChI=1S/C20H23NO4/c1-15-8-10-16(11-9-15)23-12-4-7-20(22)21-13-17-14-24-18-5-2-3-6-19(18)25-17/h2-3,5-6,8-11,17H,4,7,12-14H2,1H3,(H,21,22). The molecule has 2 aromatic carbocycles. The Bertz CT molecular complexity index is 699. The summed E-state index contributed by atoms with van der Waals surface area (Å²) >= 11 is 0. The van der Waals surface area contributed by atoms with Gasteiger partial charge in [-0.1, -0.05) is 29.8 Å². The van der Waals surface area contributed by atoms with Gasteiger partial charge >= 0.3 is 0 Å². The number of amides is 1. The van der Waals surface area contributed by atoms with Crippen LogP contribution in [0.4, 0.5) is 0 Å². The molecule has 2 aromatic rings. The number of carbonyl (C=O) groups is 1. The monoisotopic (exact) mass is 341 g/mol. The van der Waals surface area contributed by atoms with E-state index in [0.29, 0.717) is 32.6 Å². The van der Waals surface area contributed by atoms with E-state index in [0.717, 1.165) is 17.2 Å². The van der Waals surface area contributed by atoms with Crippen LogP contribution in [-0.4, -0.2) is 31.8 Å². The molecule has 1 atom stereocenters. The molecule has 0 spiro atoms. The first-order valence-corrected chi connectivity index (χ1v) is 8.55. The summed E-state index contributed by atoms with van der Waals surface area (Å²) in [7, 11) is 0. The molecule has 1 heterocycles. The van der Waals surface area contributed by atoms with Crippen molar-refractivity contribution < 1.29 is 19.0 Å². The highest BCUT2D eigenvalue weighted by atomic mass is 16.6. The van der Waals surface area contributed by atoms with Crippen molar-refractivity contribution in [3.63, 3.8) is 0 Å². The van der Waals surface area contributed by atoms with Crippen LogP contribution in [0.5, 0.6) is 17.2 Å². The lowest BCUT2D eigenvalue weighted by Gasteiger charge is -2.26. The molecule has 3 rings (SSSR count). The molecule has 1 unspecified atom stereocenters. The summed E-state index contributed by atoms with van der Waals surface area (Å²) in [5.41, 5.74) is 1.20. The minimum absolute atomic E-state index is 0.00466. The highest BCUT2D eigenvalue weighted by Crippen LogP contribution is 2.30. The second-order valence-electron chi connectivity index (χ2n) is 6.07. The van der Waals surface area contributed by atoms with Crippen molar-refractivity contribution in [2.24, 2.45) is 0 Å². The van der Waals surface area contributed by atoms with E-state index in [2.05, 4.69) is 5.32 Å². The van der Waals surface area contributed by atoms with Gasteiger partial charge < -0.3 is 19.5 Å². The van der Waals surface area contributed by atoms with Gasteiger partial charge in [-0.2, -0.15) is 0 Å². The van der Waals surface area contributed by atoms with Gasteiger partial charge in [0.2, 0.25) is 5.91 Å². The van der Waals surface area contributed by atoms with Gasteiger partial charge in [-0.05, 0) is 37.6 Å². The topological polar surface area (TPSA) is 56.8 Å². The zero-order valence-corrected chi connectivity index (χ0v) is 14.4. The Morgan fingerprint density at radius 2 is 1.92 bits per heavy atom. The number of para-hydroxylation sites is 2. The molecule has 1 amide bonds. The summed E-state index contributed by atoms with van der Waals surface area (Å²) in [4.78, 5) is 11.9. The Balaban J connectivity index is 1.31. The predicted octanol–water partition coefficient (Wildman–Crippen LogP) is 3.11. The maximum atomic E-state index is 11.9. The molecule has 1 aliphatic rings. The molecule has 0 radical (unpaired) electrons. The SMILES string of the molecule is Cc1ccc(OCCCC(=O)NCC2COc3ccccc3O2)cc1. The smallest absolute Gasteiger partial charge is 0.220 e. The number of nitrogens with one attached hydrogen (secondary N) is 1. The van der Waals surface area contributed by atoms with E-state index in [1.54, 1.807) is 0 Å². The van der Waals surface area contributed by atoms with Crippen LogP contribution in [-0.2, 0) is 4.79 Å². The van der Waals surface area contributed by atoms with Crippen molar-refractivity contribution in [2.75, 3.05) is 19.8 Å². The third-order valence-electron chi connectivity index (χ3n) is 3.93. The van der Waals surface area contributed by atoms with Crippen molar-refractivity contribution in [1.29, 1.82) is 0 Å². The van der Waals surface area contributed by atoms with Gasteiger partial charge in [-0.25, -0.2) is 0 Å². The van der Waals surface area contributed by atoms with Crippen LogP contribution in [0, 0.1) is 6.92 Å². The molecule has 0 aliphatic carbocycles. The van der Waals surface area contributed by atoms with Crippen molar-refractivity contribution in [1.82, 2.24) is 5.32 Å². The Kier molecular flexibility index (Phi) is 5.77. The summed E-state index contributed by atoms with van der Waals surface area (Å²) < 4.78 is 17.1. The van der Waals surface area contributed by atoms with E-state index in [-0.39, 0.29) is 12.0 Å². The van der Waals surface area contributed by atoms with Gasteiger partial charge in [0.05, 0.1) is 13.2 Å². The first-order chi connectivity index (χ1) is 12.2. The maximum absolute atomic E-state index is 11.9. The summed E-state index contributed by atoms with van der Waals surface area (Å²) in [6.45, 7) is 3.43. The summed E-state index contributed by atoms with van der Waals surface area (Å²) in [6, 6.07) is 15.4. The number of rotatable bonds is 7. The average Bonchev–Trinajstić information content (AvgIpc) is 2.65. The van der Waals surface area contributed by atoms with Gasteiger partial charge in [-0.3, -0.25) is 4.79 Å². The molecular weight excluding hydrogens is 318 g/mol. The van der Waals surface area contributed by atoms with E-state index >= 15 is 0 Å². The van der Waals surface area contributed by atoms with Crippen LogP contribution < -0.4 is 19.5 Å². The van der Waals surface area contributed by atoms with Crippen LogP contribution >= 0.6 is 0 Å². The van der Waals surface area contributed by atoms with Crippen LogP contribution in [0.2, 0.25) is 0 Å². The molecule has 0 fully saturated rings. The van der Waals surface area contributed by atoms with Gasteiger partial charge in [-0.15, -0.1) is 0 Å². The molecule has 5 nitrogen and oxygen atoms in total. The number of hydrogen-bond donors (Lipinski definition) is 1. The van der Waals surface area contributed by atoms with Crippen molar-refractivity contribution in [2.45, 2.75) is 25.9 Å².